The van der Waals surface area contributed by atoms with Crippen LogP contribution < -0.4 is 0 Å². The lowest BCUT2D eigenvalue weighted by Crippen LogP contribution is -1.96. The van der Waals surface area contributed by atoms with E-state index < -0.39 is 0 Å². The van der Waals surface area contributed by atoms with Gasteiger partial charge >= 0.3 is 0 Å². The van der Waals surface area contributed by atoms with Crippen LogP contribution in [-0.2, 0) is 0 Å². The molecule has 142 valence electrons. The number of hydrogen-bond acceptors (Lipinski definition) is 1. The van der Waals surface area contributed by atoms with E-state index in [1.807, 2.05) is 18.3 Å². The largest absolute Gasteiger partial charge is 0.294 e. The molecule has 0 aliphatic heterocycles. The van der Waals surface area contributed by atoms with Gasteiger partial charge in [0.1, 0.15) is 5.82 Å². The summed E-state index contributed by atoms with van der Waals surface area (Å²) in [5.74, 6) is 0.929. The van der Waals surface area contributed by atoms with Gasteiger partial charge in [0.2, 0.25) is 0 Å². The van der Waals surface area contributed by atoms with Gasteiger partial charge in [-0.2, -0.15) is 0 Å². The van der Waals surface area contributed by atoms with Crippen LogP contribution in [0.25, 0.3) is 49.5 Å². The molecular weight excluding hydrogens is 432 g/mol. The predicted octanol–water partition coefficient (Wildman–Crippen LogP) is 7.76. The van der Waals surface area contributed by atoms with Gasteiger partial charge < -0.3 is 0 Å². The number of aromatic nitrogens is 2. The van der Waals surface area contributed by atoms with Crippen LogP contribution in [0.2, 0.25) is 0 Å². The summed E-state index contributed by atoms with van der Waals surface area (Å²) in [4.78, 5) is 4.64. The average molecular weight is 449 g/mol. The van der Waals surface area contributed by atoms with E-state index in [1.165, 1.54) is 38.2 Å². The molecule has 6 rings (SSSR count). The molecule has 0 N–H and O–H groups in total. The molecule has 0 radical (unpaired) electrons. The SMILES string of the molecule is Brc1cc2ccccc2cc1-c1ccc2c3ccccc3n(-c3ccccn3)c2c1. The lowest BCUT2D eigenvalue weighted by atomic mass is 10.00. The first kappa shape index (κ1) is 17.4. The molecule has 0 bridgehead atoms. The topological polar surface area (TPSA) is 17.8 Å². The first-order valence-electron chi connectivity index (χ1n) is 9.93. The second-order valence-electron chi connectivity index (χ2n) is 7.45. The summed E-state index contributed by atoms with van der Waals surface area (Å²) in [6, 6.07) is 34.2. The molecule has 0 aliphatic rings. The fourth-order valence-electron chi connectivity index (χ4n) is 4.30. The normalized spacial score (nSPS) is 11.5. The van der Waals surface area contributed by atoms with Gasteiger partial charge in [0.05, 0.1) is 11.0 Å². The molecule has 3 heteroatoms. The molecule has 0 aliphatic carbocycles. The monoisotopic (exact) mass is 448 g/mol. The highest BCUT2D eigenvalue weighted by Gasteiger charge is 2.14. The molecule has 2 nitrogen and oxygen atoms in total. The molecule has 0 amide bonds. The number of pyridine rings is 1. The Kier molecular flexibility index (Phi) is 3.96. The maximum absolute atomic E-state index is 4.64. The first-order chi connectivity index (χ1) is 14.8. The lowest BCUT2D eigenvalue weighted by molar-refractivity contribution is 1.08. The zero-order valence-corrected chi connectivity index (χ0v) is 17.7. The second-order valence-corrected chi connectivity index (χ2v) is 8.31. The van der Waals surface area contributed by atoms with Crippen LogP contribution >= 0.6 is 15.9 Å². The third kappa shape index (κ3) is 2.66. The summed E-state index contributed by atoms with van der Waals surface area (Å²) in [6.07, 6.45) is 1.85. The number of fused-ring (bicyclic) bond motifs is 4. The van der Waals surface area contributed by atoms with Crippen molar-refractivity contribution in [2.45, 2.75) is 0 Å². The molecule has 30 heavy (non-hydrogen) atoms. The summed E-state index contributed by atoms with van der Waals surface area (Å²) >= 11 is 3.80. The van der Waals surface area contributed by atoms with E-state index in [0.29, 0.717) is 0 Å². The van der Waals surface area contributed by atoms with Crippen LogP contribution in [0.4, 0.5) is 0 Å². The third-order valence-corrected chi connectivity index (χ3v) is 6.35. The fourth-order valence-corrected chi connectivity index (χ4v) is 4.89. The van der Waals surface area contributed by atoms with Crippen molar-refractivity contribution < 1.29 is 0 Å². The van der Waals surface area contributed by atoms with Crippen molar-refractivity contribution in [1.82, 2.24) is 9.55 Å². The van der Waals surface area contributed by atoms with Crippen LogP contribution in [0.1, 0.15) is 0 Å². The Hall–Kier alpha value is -3.43. The maximum Gasteiger partial charge on any atom is 0.137 e. The number of benzene rings is 4. The Labute approximate surface area is 182 Å². The van der Waals surface area contributed by atoms with E-state index in [-0.39, 0.29) is 0 Å². The van der Waals surface area contributed by atoms with Gasteiger partial charge in [0, 0.05) is 21.4 Å². The highest BCUT2D eigenvalue weighted by atomic mass is 79.9. The quantitative estimate of drug-likeness (QED) is 0.264. The Bertz CT molecular complexity index is 1550. The minimum Gasteiger partial charge on any atom is -0.294 e. The summed E-state index contributed by atoms with van der Waals surface area (Å²) in [5.41, 5.74) is 4.70. The van der Waals surface area contributed by atoms with Crippen molar-refractivity contribution in [3.63, 3.8) is 0 Å². The first-order valence-corrected chi connectivity index (χ1v) is 10.7. The molecule has 0 fully saturated rings. The van der Waals surface area contributed by atoms with Crippen LogP contribution in [0.15, 0.2) is 108 Å². The Morgan fingerprint density at radius 1 is 0.633 bits per heavy atom. The van der Waals surface area contributed by atoms with Gasteiger partial charge in [-0.15, -0.1) is 0 Å². The van der Waals surface area contributed by atoms with E-state index in [1.54, 1.807) is 0 Å². The van der Waals surface area contributed by atoms with Crippen LogP contribution in [-0.4, -0.2) is 9.55 Å². The highest BCUT2D eigenvalue weighted by Crippen LogP contribution is 2.37. The van der Waals surface area contributed by atoms with Gasteiger partial charge in [-0.1, -0.05) is 76.6 Å². The fraction of sp³-hybridized carbons (Fsp3) is 0. The minimum absolute atomic E-state index is 0.929. The van der Waals surface area contributed by atoms with E-state index in [4.69, 9.17) is 0 Å². The van der Waals surface area contributed by atoms with Crippen molar-refractivity contribution in [3.8, 4) is 16.9 Å². The standard InChI is InChI=1S/C27H17BrN2/c28-24-16-19-8-2-1-7-18(19)15-23(24)20-12-13-22-21-9-3-4-10-25(21)30(26(22)17-20)27-11-5-6-14-29-27/h1-17H. The van der Waals surface area contributed by atoms with Gasteiger partial charge in [-0.3, -0.25) is 4.57 Å². The highest BCUT2D eigenvalue weighted by molar-refractivity contribution is 9.10. The predicted molar refractivity (Wildman–Crippen MR) is 129 cm³/mol. The van der Waals surface area contributed by atoms with E-state index in [9.17, 15) is 0 Å². The molecule has 4 aromatic carbocycles. The zero-order chi connectivity index (χ0) is 20.1. The summed E-state index contributed by atoms with van der Waals surface area (Å²) in [5, 5.41) is 4.94. The molecule has 0 atom stereocenters. The smallest absolute Gasteiger partial charge is 0.137 e. The summed E-state index contributed by atoms with van der Waals surface area (Å²) < 4.78 is 3.35. The van der Waals surface area contributed by atoms with Crippen molar-refractivity contribution >= 4 is 48.5 Å². The van der Waals surface area contributed by atoms with Crippen LogP contribution in [0, 0.1) is 0 Å². The molecule has 6 aromatic rings. The molecule has 0 saturated carbocycles. The minimum atomic E-state index is 0.929. The number of para-hydroxylation sites is 1. The van der Waals surface area contributed by atoms with Crippen molar-refractivity contribution in [2.24, 2.45) is 0 Å². The van der Waals surface area contributed by atoms with Crippen molar-refractivity contribution in [1.29, 1.82) is 0 Å². The summed E-state index contributed by atoms with van der Waals surface area (Å²) in [6.45, 7) is 0. The zero-order valence-electron chi connectivity index (χ0n) is 16.1. The van der Waals surface area contributed by atoms with E-state index >= 15 is 0 Å². The van der Waals surface area contributed by atoms with E-state index in [0.717, 1.165) is 15.8 Å². The molecule has 0 saturated heterocycles. The van der Waals surface area contributed by atoms with Crippen LogP contribution in [0.5, 0.6) is 0 Å². The molecular formula is C27H17BrN2. The Morgan fingerprint density at radius 2 is 1.37 bits per heavy atom. The average Bonchev–Trinajstić information content (AvgIpc) is 3.13. The lowest BCUT2D eigenvalue weighted by Gasteiger charge is -2.10. The van der Waals surface area contributed by atoms with Gasteiger partial charge in [-0.25, -0.2) is 4.98 Å². The van der Waals surface area contributed by atoms with Crippen molar-refractivity contribution in [3.05, 3.63) is 108 Å². The third-order valence-electron chi connectivity index (χ3n) is 5.70. The van der Waals surface area contributed by atoms with Crippen molar-refractivity contribution in [2.75, 3.05) is 0 Å². The number of rotatable bonds is 2. The molecule has 2 aromatic heterocycles. The summed E-state index contributed by atoms with van der Waals surface area (Å²) in [7, 11) is 0. The van der Waals surface area contributed by atoms with Gasteiger partial charge in [-0.05, 0) is 58.3 Å². The number of nitrogens with zero attached hydrogens (tertiary/aromatic N) is 2. The van der Waals surface area contributed by atoms with Crippen LogP contribution in [0.3, 0.4) is 0 Å². The molecule has 2 heterocycles. The van der Waals surface area contributed by atoms with E-state index in [2.05, 4.69) is 110 Å². The molecule has 0 spiro atoms. The molecule has 0 unspecified atom stereocenters. The maximum atomic E-state index is 4.64. The van der Waals surface area contributed by atoms with Gasteiger partial charge in [0.15, 0.2) is 0 Å². The number of hydrogen-bond donors (Lipinski definition) is 0. The Balaban J connectivity index is 1.67. The Morgan fingerprint density at radius 3 is 2.20 bits per heavy atom. The van der Waals surface area contributed by atoms with Gasteiger partial charge in [0.25, 0.3) is 0 Å². The number of halogens is 1. The second kappa shape index (κ2) is 6.82.